The third kappa shape index (κ3) is 3.35. The van der Waals surface area contributed by atoms with Gasteiger partial charge in [-0.3, -0.25) is 9.36 Å². The molecule has 0 bridgehead atoms. The van der Waals surface area contributed by atoms with Crippen LogP contribution in [-0.2, 0) is 4.79 Å². The molecule has 1 saturated carbocycles. The number of carbonyl (C=O) groups excluding carboxylic acids is 1. The van der Waals surface area contributed by atoms with Crippen LogP contribution in [0.15, 0.2) is 35.7 Å². The zero-order valence-corrected chi connectivity index (χ0v) is 14.0. The van der Waals surface area contributed by atoms with Gasteiger partial charge in [-0.15, -0.1) is 0 Å². The number of thioether (sulfide) groups is 1. The van der Waals surface area contributed by atoms with Gasteiger partial charge >= 0.3 is 0 Å². The first-order valence-electron chi connectivity index (χ1n) is 7.62. The molecular formula is C17H21N3OS. The molecule has 2 aromatic rings. The van der Waals surface area contributed by atoms with E-state index < -0.39 is 0 Å². The topological polar surface area (TPSA) is 46.9 Å². The summed E-state index contributed by atoms with van der Waals surface area (Å²) in [5, 5.41) is 3.75. The minimum absolute atomic E-state index is 0.0997. The van der Waals surface area contributed by atoms with Crippen LogP contribution in [0.2, 0.25) is 0 Å². The van der Waals surface area contributed by atoms with Crippen LogP contribution in [0.4, 0.5) is 0 Å². The van der Waals surface area contributed by atoms with Crippen LogP contribution in [0, 0.1) is 13.8 Å². The molecule has 1 aliphatic rings. The van der Waals surface area contributed by atoms with Gasteiger partial charge in [0.15, 0.2) is 5.16 Å². The van der Waals surface area contributed by atoms with Crippen molar-refractivity contribution in [1.82, 2.24) is 14.9 Å². The molecule has 0 aliphatic heterocycles. The lowest BCUT2D eigenvalue weighted by Crippen LogP contribution is -2.32. The lowest BCUT2D eigenvalue weighted by atomic mass is 10.1. The van der Waals surface area contributed by atoms with Crippen LogP contribution >= 0.6 is 11.8 Å². The van der Waals surface area contributed by atoms with Gasteiger partial charge in [0.1, 0.15) is 0 Å². The first-order chi connectivity index (χ1) is 10.5. The van der Waals surface area contributed by atoms with E-state index in [9.17, 15) is 4.79 Å². The number of amides is 1. The van der Waals surface area contributed by atoms with Gasteiger partial charge in [0.25, 0.3) is 0 Å². The third-order valence-electron chi connectivity index (χ3n) is 3.79. The Morgan fingerprint density at radius 2 is 2.18 bits per heavy atom. The summed E-state index contributed by atoms with van der Waals surface area (Å²) in [5.41, 5.74) is 3.56. The van der Waals surface area contributed by atoms with Crippen LogP contribution < -0.4 is 5.32 Å². The fourth-order valence-corrected chi connectivity index (χ4v) is 3.28. The molecule has 3 rings (SSSR count). The first kappa shape index (κ1) is 15.2. The maximum Gasteiger partial charge on any atom is 0.233 e. The second kappa shape index (κ2) is 6.16. The molecule has 0 unspecified atom stereocenters. The molecule has 1 aromatic heterocycles. The number of hydrogen-bond donors (Lipinski definition) is 1. The van der Waals surface area contributed by atoms with Gasteiger partial charge in [-0.25, -0.2) is 4.98 Å². The molecule has 4 nitrogen and oxygen atoms in total. The summed E-state index contributed by atoms with van der Waals surface area (Å²) in [7, 11) is 0. The van der Waals surface area contributed by atoms with Crippen LogP contribution in [0.25, 0.3) is 5.69 Å². The second-order valence-corrected chi connectivity index (χ2v) is 7.22. The van der Waals surface area contributed by atoms with Crippen molar-refractivity contribution < 1.29 is 4.79 Å². The van der Waals surface area contributed by atoms with Crippen LogP contribution in [0.1, 0.15) is 30.9 Å². The average Bonchev–Trinajstić information content (AvgIpc) is 3.17. The van der Waals surface area contributed by atoms with E-state index in [1.165, 1.54) is 22.9 Å². The van der Waals surface area contributed by atoms with Gasteiger partial charge in [0, 0.05) is 18.4 Å². The Hall–Kier alpha value is -1.75. The Morgan fingerprint density at radius 1 is 1.41 bits per heavy atom. The predicted molar refractivity (Wildman–Crippen MR) is 89.5 cm³/mol. The minimum Gasteiger partial charge on any atom is -0.352 e. The maximum absolute atomic E-state index is 12.1. The molecule has 0 saturated heterocycles. The van der Waals surface area contributed by atoms with Crippen molar-refractivity contribution in [1.29, 1.82) is 0 Å². The van der Waals surface area contributed by atoms with Crippen LogP contribution in [0.3, 0.4) is 0 Å². The molecule has 0 radical (unpaired) electrons. The van der Waals surface area contributed by atoms with E-state index in [1.54, 1.807) is 6.20 Å². The van der Waals surface area contributed by atoms with Crippen LogP contribution in [0.5, 0.6) is 0 Å². The van der Waals surface area contributed by atoms with Crippen molar-refractivity contribution in [3.8, 4) is 5.69 Å². The molecule has 1 aromatic carbocycles. The quantitative estimate of drug-likeness (QED) is 0.862. The zero-order chi connectivity index (χ0) is 15.7. The summed E-state index contributed by atoms with van der Waals surface area (Å²) < 4.78 is 2.06. The third-order valence-corrected chi connectivity index (χ3v) is 4.87. The Kier molecular flexibility index (Phi) is 4.25. The minimum atomic E-state index is -0.146. The number of nitrogens with one attached hydrogen (secondary N) is 1. The van der Waals surface area contributed by atoms with E-state index >= 15 is 0 Å². The number of aryl methyl sites for hydroxylation is 2. The zero-order valence-electron chi connectivity index (χ0n) is 13.2. The standard InChI is InChI=1S/C17H21N3OS/c1-11-4-7-15(12(2)10-11)20-9-8-18-17(20)22-13(3)16(21)19-14-5-6-14/h4,7-10,13-14H,5-6H2,1-3H3,(H,19,21)/t13-/m1/s1. The van der Waals surface area contributed by atoms with Crippen molar-refractivity contribution in [2.75, 3.05) is 0 Å². The molecular weight excluding hydrogens is 294 g/mol. The highest BCUT2D eigenvalue weighted by Crippen LogP contribution is 2.27. The van der Waals surface area contributed by atoms with Gasteiger partial charge < -0.3 is 5.32 Å². The molecule has 22 heavy (non-hydrogen) atoms. The number of rotatable bonds is 5. The summed E-state index contributed by atoms with van der Waals surface area (Å²) in [6.45, 7) is 6.12. The van der Waals surface area contributed by atoms with Gasteiger partial charge in [-0.1, -0.05) is 29.5 Å². The van der Waals surface area contributed by atoms with Gasteiger partial charge in [0.2, 0.25) is 5.91 Å². The molecule has 1 amide bonds. The van der Waals surface area contributed by atoms with Crippen LogP contribution in [-0.4, -0.2) is 26.8 Å². The van der Waals surface area contributed by atoms with E-state index in [0.29, 0.717) is 6.04 Å². The number of hydrogen-bond acceptors (Lipinski definition) is 3. The lowest BCUT2D eigenvalue weighted by Gasteiger charge is -2.14. The molecule has 1 heterocycles. The van der Waals surface area contributed by atoms with Gasteiger partial charge in [-0.05, 0) is 45.2 Å². The molecule has 1 aliphatic carbocycles. The van der Waals surface area contributed by atoms with E-state index in [2.05, 4.69) is 46.9 Å². The number of benzene rings is 1. The summed E-state index contributed by atoms with van der Waals surface area (Å²) >= 11 is 1.50. The lowest BCUT2D eigenvalue weighted by molar-refractivity contribution is -0.120. The summed E-state index contributed by atoms with van der Waals surface area (Å²) in [5.74, 6) is 0.0997. The highest BCUT2D eigenvalue weighted by atomic mass is 32.2. The average molecular weight is 315 g/mol. The largest absolute Gasteiger partial charge is 0.352 e. The number of carbonyl (C=O) groups is 1. The van der Waals surface area contributed by atoms with Gasteiger partial charge in [-0.2, -0.15) is 0 Å². The highest BCUT2D eigenvalue weighted by molar-refractivity contribution is 8.00. The Labute approximate surface area is 135 Å². The van der Waals surface area contributed by atoms with E-state index in [-0.39, 0.29) is 11.2 Å². The smallest absolute Gasteiger partial charge is 0.233 e. The van der Waals surface area contributed by atoms with E-state index in [1.807, 2.05) is 13.1 Å². The Balaban J connectivity index is 1.78. The van der Waals surface area contributed by atoms with Crippen molar-refractivity contribution in [2.45, 2.75) is 50.1 Å². The molecule has 1 atom stereocenters. The number of aromatic nitrogens is 2. The predicted octanol–water partition coefficient (Wildman–Crippen LogP) is 3.25. The van der Waals surface area contributed by atoms with Crippen molar-refractivity contribution in [3.63, 3.8) is 0 Å². The van der Waals surface area contributed by atoms with Crippen molar-refractivity contribution in [3.05, 3.63) is 41.7 Å². The molecule has 0 spiro atoms. The number of nitrogens with zero attached hydrogens (tertiary/aromatic N) is 2. The fourth-order valence-electron chi connectivity index (χ4n) is 2.39. The maximum atomic E-state index is 12.1. The normalized spacial score (nSPS) is 15.6. The van der Waals surface area contributed by atoms with Gasteiger partial charge in [0.05, 0.1) is 10.9 Å². The summed E-state index contributed by atoms with van der Waals surface area (Å²) in [6, 6.07) is 6.76. The second-order valence-electron chi connectivity index (χ2n) is 5.91. The van der Waals surface area contributed by atoms with Crippen molar-refractivity contribution in [2.24, 2.45) is 0 Å². The number of imidazole rings is 1. The monoisotopic (exact) mass is 315 g/mol. The summed E-state index contributed by atoms with van der Waals surface area (Å²) in [6.07, 6.45) is 5.96. The summed E-state index contributed by atoms with van der Waals surface area (Å²) in [4.78, 5) is 16.5. The van der Waals surface area contributed by atoms with E-state index in [0.717, 1.165) is 23.7 Å². The molecule has 1 N–H and O–H groups in total. The fraction of sp³-hybridized carbons (Fsp3) is 0.412. The first-order valence-corrected chi connectivity index (χ1v) is 8.50. The van der Waals surface area contributed by atoms with Crippen molar-refractivity contribution >= 4 is 17.7 Å². The Bertz CT molecular complexity index is 691. The molecule has 1 fully saturated rings. The highest BCUT2D eigenvalue weighted by Gasteiger charge is 2.26. The molecule has 5 heteroatoms. The Morgan fingerprint density at radius 3 is 2.86 bits per heavy atom. The molecule has 116 valence electrons. The SMILES string of the molecule is Cc1ccc(-n2ccnc2S[C@H](C)C(=O)NC2CC2)c(C)c1. The van der Waals surface area contributed by atoms with E-state index in [4.69, 9.17) is 0 Å².